The number of pyridine rings is 1. The van der Waals surface area contributed by atoms with Gasteiger partial charge in [0.2, 0.25) is 0 Å². The van der Waals surface area contributed by atoms with Gasteiger partial charge in [0.1, 0.15) is 41.2 Å². The highest BCUT2D eigenvalue weighted by atomic mass is 16.5. The predicted octanol–water partition coefficient (Wildman–Crippen LogP) is 3.29. The summed E-state index contributed by atoms with van der Waals surface area (Å²) in [5, 5.41) is 13.0. The molecule has 1 aliphatic heterocycles. The van der Waals surface area contributed by atoms with Gasteiger partial charge in [0, 0.05) is 24.9 Å². The monoisotopic (exact) mass is 483 g/mol. The second-order valence-electron chi connectivity index (χ2n) is 8.84. The van der Waals surface area contributed by atoms with E-state index in [4.69, 9.17) is 9.47 Å². The van der Waals surface area contributed by atoms with Crippen LogP contribution >= 0.6 is 0 Å². The average Bonchev–Trinajstić information content (AvgIpc) is 2.99. The number of carbonyl (C=O) groups is 2. The molecule has 0 unspecified atom stereocenters. The minimum atomic E-state index is -0.919. The number of nitrogens with zero attached hydrogens (tertiary/aromatic N) is 2. The number of likely N-dealkylation sites (N-methyl/N-ethyl adjacent to an activating group) is 1. The second-order valence-corrected chi connectivity index (χ2v) is 8.84. The topological polar surface area (TPSA) is 101 Å². The van der Waals surface area contributed by atoms with E-state index in [-0.39, 0.29) is 18.2 Å². The van der Waals surface area contributed by atoms with E-state index in [1.807, 2.05) is 18.2 Å². The standard InChI is InChI=1S/C28H25N3O5/c1-31-24-16-19(10-14-28(34)12-5-13-28)8-9-25(24)35-18-23(27(31)33)30-26(32)22-17-21(11-15-29-22)36-20-6-3-2-4-7-20/h2-4,6-9,11,15-17,23,34H,5,12-13,18H2,1H3,(H,30,32)/t23-/m0/s1. The van der Waals surface area contributed by atoms with Gasteiger partial charge in [-0.3, -0.25) is 14.6 Å². The zero-order valence-corrected chi connectivity index (χ0v) is 19.7. The van der Waals surface area contributed by atoms with Crippen LogP contribution in [-0.4, -0.2) is 47.2 Å². The first-order chi connectivity index (χ1) is 17.4. The van der Waals surface area contributed by atoms with Gasteiger partial charge in [-0.1, -0.05) is 30.0 Å². The maximum Gasteiger partial charge on any atom is 0.270 e. The Labute approximate surface area is 208 Å². The number of carbonyl (C=O) groups excluding carboxylic acids is 2. The van der Waals surface area contributed by atoms with Crippen LogP contribution < -0.4 is 19.7 Å². The Bertz CT molecular complexity index is 1360. The smallest absolute Gasteiger partial charge is 0.270 e. The number of hydrogen-bond donors (Lipinski definition) is 2. The number of aliphatic hydroxyl groups is 1. The summed E-state index contributed by atoms with van der Waals surface area (Å²) in [6, 6.07) is 16.7. The summed E-state index contributed by atoms with van der Waals surface area (Å²) < 4.78 is 11.6. The van der Waals surface area contributed by atoms with Crippen LogP contribution in [0.1, 0.15) is 35.3 Å². The van der Waals surface area contributed by atoms with Crippen LogP contribution in [0.15, 0.2) is 66.9 Å². The van der Waals surface area contributed by atoms with Crippen molar-refractivity contribution < 1.29 is 24.2 Å². The molecule has 2 N–H and O–H groups in total. The number of anilines is 1. The molecule has 8 heteroatoms. The van der Waals surface area contributed by atoms with E-state index in [2.05, 4.69) is 22.1 Å². The summed E-state index contributed by atoms with van der Waals surface area (Å²) in [6.45, 7) is -0.0348. The Balaban J connectivity index is 1.29. The first kappa shape index (κ1) is 23.4. The molecule has 2 aromatic carbocycles. The number of aromatic nitrogens is 1. The minimum Gasteiger partial charge on any atom is -0.489 e. The lowest BCUT2D eigenvalue weighted by molar-refractivity contribution is -0.120. The lowest BCUT2D eigenvalue weighted by Crippen LogP contribution is -2.49. The van der Waals surface area contributed by atoms with Crippen molar-refractivity contribution in [2.45, 2.75) is 30.9 Å². The molecule has 3 aromatic rings. The third kappa shape index (κ3) is 5.02. The minimum absolute atomic E-state index is 0.0348. The molecule has 2 aliphatic rings. The first-order valence-electron chi connectivity index (χ1n) is 11.7. The first-order valence-corrected chi connectivity index (χ1v) is 11.7. The molecule has 1 fully saturated rings. The fourth-order valence-corrected chi connectivity index (χ4v) is 3.96. The summed E-state index contributed by atoms with van der Waals surface area (Å²) in [5.74, 6) is 6.66. The van der Waals surface area contributed by atoms with Gasteiger partial charge < -0.3 is 24.8 Å². The normalized spacial score (nSPS) is 17.9. The number of amides is 2. The van der Waals surface area contributed by atoms with E-state index < -0.39 is 17.6 Å². The van der Waals surface area contributed by atoms with E-state index in [0.29, 0.717) is 41.3 Å². The summed E-state index contributed by atoms with van der Waals surface area (Å²) in [5.41, 5.74) is 0.407. The fraction of sp³-hybridized carbons (Fsp3) is 0.250. The van der Waals surface area contributed by atoms with Crippen molar-refractivity contribution in [3.8, 4) is 29.1 Å². The molecule has 1 saturated carbocycles. The number of ether oxygens (including phenoxy) is 2. The van der Waals surface area contributed by atoms with Crippen LogP contribution in [0.4, 0.5) is 5.69 Å². The van der Waals surface area contributed by atoms with Crippen molar-refractivity contribution in [2.75, 3.05) is 18.6 Å². The van der Waals surface area contributed by atoms with Crippen LogP contribution in [0.3, 0.4) is 0 Å². The Hall–Kier alpha value is -4.35. The van der Waals surface area contributed by atoms with Crippen LogP contribution in [-0.2, 0) is 4.79 Å². The summed E-state index contributed by atoms with van der Waals surface area (Å²) in [4.78, 5) is 31.7. The third-order valence-corrected chi connectivity index (χ3v) is 6.22. The molecule has 0 bridgehead atoms. The predicted molar refractivity (Wildman–Crippen MR) is 133 cm³/mol. The third-order valence-electron chi connectivity index (χ3n) is 6.22. The Morgan fingerprint density at radius 2 is 1.97 bits per heavy atom. The number of rotatable bonds is 4. The van der Waals surface area contributed by atoms with Gasteiger partial charge in [0.25, 0.3) is 11.8 Å². The summed E-state index contributed by atoms with van der Waals surface area (Å²) in [7, 11) is 1.62. The molecule has 2 amide bonds. The zero-order chi connectivity index (χ0) is 25.1. The van der Waals surface area contributed by atoms with Gasteiger partial charge in [-0.25, -0.2) is 0 Å². The highest BCUT2D eigenvalue weighted by Gasteiger charge is 2.33. The van der Waals surface area contributed by atoms with Crippen molar-refractivity contribution in [1.29, 1.82) is 0 Å². The number of nitrogens with one attached hydrogen (secondary N) is 1. The largest absolute Gasteiger partial charge is 0.489 e. The fourth-order valence-electron chi connectivity index (χ4n) is 3.96. The highest BCUT2D eigenvalue weighted by Crippen LogP contribution is 2.33. The molecule has 1 atom stereocenters. The van der Waals surface area contributed by atoms with Crippen LogP contribution in [0.2, 0.25) is 0 Å². The Kier molecular flexibility index (Phi) is 6.32. The molecule has 0 saturated heterocycles. The van der Waals surface area contributed by atoms with Crippen LogP contribution in [0.25, 0.3) is 0 Å². The quantitative estimate of drug-likeness (QED) is 0.553. The number of fused-ring (bicyclic) bond motifs is 1. The van der Waals surface area contributed by atoms with Crippen molar-refractivity contribution >= 4 is 17.5 Å². The van der Waals surface area contributed by atoms with Crippen LogP contribution in [0.5, 0.6) is 17.2 Å². The molecule has 0 spiro atoms. The van der Waals surface area contributed by atoms with Gasteiger partial charge in [-0.15, -0.1) is 0 Å². The lowest BCUT2D eigenvalue weighted by Gasteiger charge is -2.30. The van der Waals surface area contributed by atoms with Crippen molar-refractivity contribution in [3.05, 3.63) is 78.1 Å². The van der Waals surface area contributed by atoms with Gasteiger partial charge in [-0.05, 0) is 55.7 Å². The Morgan fingerprint density at radius 1 is 1.17 bits per heavy atom. The zero-order valence-electron chi connectivity index (χ0n) is 19.7. The van der Waals surface area contributed by atoms with E-state index in [1.165, 1.54) is 17.2 Å². The second kappa shape index (κ2) is 9.72. The SMILES string of the molecule is CN1C(=O)[C@@H](NC(=O)c2cc(Oc3ccccc3)ccn2)COc2ccc(C#CC3(O)CCC3)cc21. The molecule has 8 nitrogen and oxygen atoms in total. The van der Waals surface area contributed by atoms with E-state index >= 15 is 0 Å². The molecule has 0 radical (unpaired) electrons. The maximum absolute atomic E-state index is 13.2. The summed E-state index contributed by atoms with van der Waals surface area (Å²) in [6.07, 6.45) is 3.78. The highest BCUT2D eigenvalue weighted by molar-refractivity contribution is 6.03. The maximum atomic E-state index is 13.2. The van der Waals surface area contributed by atoms with E-state index in [1.54, 1.807) is 43.4 Å². The molecule has 1 aromatic heterocycles. The molecule has 182 valence electrons. The molecule has 36 heavy (non-hydrogen) atoms. The van der Waals surface area contributed by atoms with Crippen molar-refractivity contribution in [3.63, 3.8) is 0 Å². The average molecular weight is 484 g/mol. The Morgan fingerprint density at radius 3 is 2.72 bits per heavy atom. The number of benzene rings is 2. The lowest BCUT2D eigenvalue weighted by atomic mass is 9.81. The molecule has 2 heterocycles. The van der Waals surface area contributed by atoms with Gasteiger partial charge in [0.05, 0.1) is 5.69 Å². The van der Waals surface area contributed by atoms with Gasteiger partial charge >= 0.3 is 0 Å². The number of hydrogen-bond acceptors (Lipinski definition) is 6. The van der Waals surface area contributed by atoms with Gasteiger partial charge in [0.15, 0.2) is 0 Å². The van der Waals surface area contributed by atoms with Gasteiger partial charge in [-0.2, -0.15) is 0 Å². The van der Waals surface area contributed by atoms with Crippen molar-refractivity contribution in [2.24, 2.45) is 0 Å². The number of para-hydroxylation sites is 1. The molecular formula is C28H25N3O5. The van der Waals surface area contributed by atoms with Crippen molar-refractivity contribution in [1.82, 2.24) is 10.3 Å². The van der Waals surface area contributed by atoms with E-state index in [0.717, 1.165) is 6.42 Å². The van der Waals surface area contributed by atoms with Crippen LogP contribution in [0, 0.1) is 11.8 Å². The molecule has 1 aliphatic carbocycles. The summed E-state index contributed by atoms with van der Waals surface area (Å²) >= 11 is 0. The molecule has 5 rings (SSSR count). The molecular weight excluding hydrogens is 458 g/mol. The van der Waals surface area contributed by atoms with E-state index in [9.17, 15) is 14.7 Å².